The fourth-order valence-corrected chi connectivity index (χ4v) is 2.49. The molecule has 1 nitrogen and oxygen atoms in total. The SMILES string of the molecule is CCNC(CC)c1ccc(C2CCC2)cc1. The fraction of sp³-hybridized carbons (Fsp3) is 0.600. The molecule has 1 aliphatic rings. The first-order valence-corrected chi connectivity index (χ1v) is 6.68. The Morgan fingerprint density at radius 1 is 1.19 bits per heavy atom. The average Bonchev–Trinajstić information content (AvgIpc) is 2.25. The number of hydrogen-bond acceptors (Lipinski definition) is 1. The van der Waals surface area contributed by atoms with E-state index in [-0.39, 0.29) is 0 Å². The van der Waals surface area contributed by atoms with Gasteiger partial charge in [-0.15, -0.1) is 0 Å². The first-order chi connectivity index (χ1) is 7.85. The molecule has 1 saturated carbocycles. The minimum Gasteiger partial charge on any atom is -0.310 e. The summed E-state index contributed by atoms with van der Waals surface area (Å²) in [7, 11) is 0. The van der Waals surface area contributed by atoms with Crippen molar-refractivity contribution in [2.45, 2.75) is 51.5 Å². The minimum absolute atomic E-state index is 0.528. The first kappa shape index (κ1) is 11.7. The zero-order valence-corrected chi connectivity index (χ0v) is 10.5. The van der Waals surface area contributed by atoms with Crippen LogP contribution in [-0.4, -0.2) is 6.54 Å². The van der Waals surface area contributed by atoms with Gasteiger partial charge in [0.1, 0.15) is 0 Å². The predicted molar refractivity (Wildman–Crippen MR) is 69.7 cm³/mol. The van der Waals surface area contributed by atoms with Gasteiger partial charge < -0.3 is 5.32 Å². The van der Waals surface area contributed by atoms with Crippen molar-refractivity contribution in [3.8, 4) is 0 Å². The Balaban J connectivity index is 2.04. The summed E-state index contributed by atoms with van der Waals surface area (Å²) in [5, 5.41) is 3.53. The van der Waals surface area contributed by atoms with Gasteiger partial charge in [0.05, 0.1) is 0 Å². The second-order valence-electron chi connectivity index (χ2n) is 4.81. The highest BCUT2D eigenvalue weighted by Gasteiger charge is 2.19. The van der Waals surface area contributed by atoms with Crippen molar-refractivity contribution in [2.75, 3.05) is 6.54 Å². The molecule has 0 heterocycles. The third kappa shape index (κ3) is 2.46. The minimum atomic E-state index is 0.528. The van der Waals surface area contributed by atoms with Crippen LogP contribution in [0.4, 0.5) is 0 Å². The summed E-state index contributed by atoms with van der Waals surface area (Å²) in [6.07, 6.45) is 5.37. The topological polar surface area (TPSA) is 12.0 Å². The summed E-state index contributed by atoms with van der Waals surface area (Å²) < 4.78 is 0. The lowest BCUT2D eigenvalue weighted by atomic mass is 9.80. The molecule has 1 heteroatoms. The molecule has 1 fully saturated rings. The van der Waals surface area contributed by atoms with E-state index in [0.717, 1.165) is 18.9 Å². The fourth-order valence-electron chi connectivity index (χ4n) is 2.49. The normalized spacial score (nSPS) is 18.1. The zero-order chi connectivity index (χ0) is 11.4. The van der Waals surface area contributed by atoms with Gasteiger partial charge in [-0.1, -0.05) is 44.5 Å². The standard InChI is InChI=1S/C15H23N/c1-3-15(16-4-2)14-10-8-13(9-11-14)12-6-5-7-12/h8-12,15-16H,3-7H2,1-2H3. The van der Waals surface area contributed by atoms with Gasteiger partial charge in [0.2, 0.25) is 0 Å². The van der Waals surface area contributed by atoms with Crippen LogP contribution < -0.4 is 5.32 Å². The van der Waals surface area contributed by atoms with E-state index in [0.29, 0.717) is 6.04 Å². The molecule has 1 unspecified atom stereocenters. The zero-order valence-electron chi connectivity index (χ0n) is 10.5. The van der Waals surface area contributed by atoms with Gasteiger partial charge in [0.15, 0.2) is 0 Å². The summed E-state index contributed by atoms with van der Waals surface area (Å²) >= 11 is 0. The van der Waals surface area contributed by atoms with Crippen LogP contribution >= 0.6 is 0 Å². The quantitative estimate of drug-likeness (QED) is 0.785. The van der Waals surface area contributed by atoms with Crippen molar-refractivity contribution in [1.82, 2.24) is 5.32 Å². The first-order valence-electron chi connectivity index (χ1n) is 6.68. The molecule has 88 valence electrons. The molecule has 1 aromatic carbocycles. The lowest BCUT2D eigenvalue weighted by molar-refractivity contribution is 0.419. The molecular weight excluding hydrogens is 194 g/mol. The summed E-state index contributed by atoms with van der Waals surface area (Å²) in [6, 6.07) is 9.81. The van der Waals surface area contributed by atoms with E-state index in [1.807, 2.05) is 0 Å². The van der Waals surface area contributed by atoms with Crippen LogP contribution in [0.2, 0.25) is 0 Å². The predicted octanol–water partition coefficient (Wildman–Crippen LogP) is 4.01. The molecule has 0 aliphatic heterocycles. The monoisotopic (exact) mass is 217 g/mol. The van der Waals surface area contributed by atoms with E-state index in [9.17, 15) is 0 Å². The Labute approximate surface area is 99.3 Å². The summed E-state index contributed by atoms with van der Waals surface area (Å²) in [5.41, 5.74) is 2.98. The Morgan fingerprint density at radius 2 is 1.88 bits per heavy atom. The van der Waals surface area contributed by atoms with Crippen LogP contribution in [0.5, 0.6) is 0 Å². The molecule has 2 rings (SSSR count). The van der Waals surface area contributed by atoms with Crippen molar-refractivity contribution in [1.29, 1.82) is 0 Å². The van der Waals surface area contributed by atoms with Gasteiger partial charge in [0.25, 0.3) is 0 Å². The summed E-state index contributed by atoms with van der Waals surface area (Å²) in [4.78, 5) is 0. The number of hydrogen-bond donors (Lipinski definition) is 1. The molecule has 1 aromatic rings. The van der Waals surface area contributed by atoms with Crippen LogP contribution in [0.1, 0.15) is 62.6 Å². The molecular formula is C15H23N. The molecule has 0 aromatic heterocycles. The van der Waals surface area contributed by atoms with Crippen LogP contribution in [-0.2, 0) is 0 Å². The van der Waals surface area contributed by atoms with Gasteiger partial charge in [0, 0.05) is 6.04 Å². The number of benzene rings is 1. The van der Waals surface area contributed by atoms with Crippen LogP contribution in [0.15, 0.2) is 24.3 Å². The lowest BCUT2D eigenvalue weighted by Crippen LogP contribution is -2.20. The van der Waals surface area contributed by atoms with E-state index >= 15 is 0 Å². The van der Waals surface area contributed by atoms with Gasteiger partial charge in [-0.25, -0.2) is 0 Å². The van der Waals surface area contributed by atoms with E-state index < -0.39 is 0 Å². The molecule has 0 saturated heterocycles. The van der Waals surface area contributed by atoms with Crippen molar-refractivity contribution in [3.63, 3.8) is 0 Å². The molecule has 1 aliphatic carbocycles. The van der Waals surface area contributed by atoms with Gasteiger partial charge in [-0.3, -0.25) is 0 Å². The second-order valence-corrected chi connectivity index (χ2v) is 4.81. The molecule has 0 spiro atoms. The Morgan fingerprint density at radius 3 is 2.31 bits per heavy atom. The van der Waals surface area contributed by atoms with Crippen molar-refractivity contribution in [3.05, 3.63) is 35.4 Å². The third-order valence-electron chi connectivity index (χ3n) is 3.77. The molecule has 0 radical (unpaired) electrons. The van der Waals surface area contributed by atoms with Crippen molar-refractivity contribution < 1.29 is 0 Å². The van der Waals surface area contributed by atoms with Gasteiger partial charge in [-0.2, -0.15) is 0 Å². The molecule has 0 amide bonds. The largest absolute Gasteiger partial charge is 0.310 e. The number of nitrogens with one attached hydrogen (secondary N) is 1. The van der Waals surface area contributed by atoms with Gasteiger partial charge >= 0.3 is 0 Å². The summed E-state index contributed by atoms with van der Waals surface area (Å²) in [5.74, 6) is 0.855. The third-order valence-corrected chi connectivity index (χ3v) is 3.77. The van der Waals surface area contributed by atoms with Crippen LogP contribution in [0.3, 0.4) is 0 Å². The Kier molecular flexibility index (Phi) is 4.00. The Hall–Kier alpha value is -0.820. The molecule has 1 atom stereocenters. The molecule has 16 heavy (non-hydrogen) atoms. The maximum Gasteiger partial charge on any atom is 0.0317 e. The van der Waals surface area contributed by atoms with E-state index in [4.69, 9.17) is 0 Å². The lowest BCUT2D eigenvalue weighted by Gasteiger charge is -2.26. The Bertz CT molecular complexity index is 311. The van der Waals surface area contributed by atoms with E-state index in [1.54, 1.807) is 5.56 Å². The highest BCUT2D eigenvalue weighted by molar-refractivity contribution is 5.28. The number of rotatable bonds is 5. The smallest absolute Gasteiger partial charge is 0.0317 e. The van der Waals surface area contributed by atoms with E-state index in [1.165, 1.54) is 24.8 Å². The maximum absolute atomic E-state index is 3.53. The highest BCUT2D eigenvalue weighted by Crippen LogP contribution is 2.36. The van der Waals surface area contributed by atoms with Crippen LogP contribution in [0.25, 0.3) is 0 Å². The molecule has 0 bridgehead atoms. The van der Waals surface area contributed by atoms with Crippen LogP contribution in [0, 0.1) is 0 Å². The van der Waals surface area contributed by atoms with Crippen molar-refractivity contribution in [2.24, 2.45) is 0 Å². The maximum atomic E-state index is 3.53. The van der Waals surface area contributed by atoms with Gasteiger partial charge in [-0.05, 0) is 42.9 Å². The average molecular weight is 217 g/mol. The van der Waals surface area contributed by atoms with Crippen molar-refractivity contribution >= 4 is 0 Å². The second kappa shape index (κ2) is 5.49. The summed E-state index contributed by atoms with van der Waals surface area (Å²) in [6.45, 7) is 5.46. The van der Waals surface area contributed by atoms with E-state index in [2.05, 4.69) is 43.4 Å². The highest BCUT2D eigenvalue weighted by atomic mass is 14.9. The molecule has 1 N–H and O–H groups in total.